The first-order valence-corrected chi connectivity index (χ1v) is 20.6. The van der Waals surface area contributed by atoms with Crippen LogP contribution in [0.15, 0.2) is 73.1 Å². The van der Waals surface area contributed by atoms with Crippen molar-refractivity contribution in [3.05, 3.63) is 95.8 Å². The molecule has 15 nitrogen and oxygen atoms in total. The van der Waals surface area contributed by atoms with Crippen LogP contribution in [0.4, 0.5) is 9.59 Å². The molecule has 15 heteroatoms. The minimum absolute atomic E-state index is 0.109. The van der Waals surface area contributed by atoms with Gasteiger partial charge in [0.25, 0.3) is 0 Å². The van der Waals surface area contributed by atoms with E-state index in [1.165, 1.54) is 21.3 Å². The fourth-order valence-electron chi connectivity index (χ4n) is 8.06. The van der Waals surface area contributed by atoms with Gasteiger partial charge in [-0.15, -0.1) is 0 Å². The number of amides is 4. The number of nitrogens with one attached hydrogen (secondary N) is 4. The van der Waals surface area contributed by atoms with Crippen molar-refractivity contribution in [2.45, 2.75) is 76.7 Å². The Balaban J connectivity index is 0.996. The lowest BCUT2D eigenvalue weighted by Crippen LogP contribution is -2.54. The summed E-state index contributed by atoms with van der Waals surface area (Å²) in [5, 5.41) is 7.41. The Bertz CT molecular complexity index is 2450. The molecule has 7 rings (SSSR count). The maximum absolute atomic E-state index is 13.6. The van der Waals surface area contributed by atoms with E-state index in [2.05, 4.69) is 66.7 Å². The third-order valence-electron chi connectivity index (χ3n) is 11.5. The summed E-state index contributed by atoms with van der Waals surface area (Å²) in [5.74, 6) is 7.48. The summed E-state index contributed by atoms with van der Waals surface area (Å²) < 4.78 is 14.9. The Morgan fingerprint density at radius 2 is 1.16 bits per heavy atom. The Labute approximate surface area is 354 Å². The van der Waals surface area contributed by atoms with E-state index in [-0.39, 0.29) is 29.8 Å². The van der Waals surface area contributed by atoms with Crippen molar-refractivity contribution in [3.63, 3.8) is 0 Å². The molecule has 2 saturated heterocycles. The molecule has 3 aromatic carbocycles. The van der Waals surface area contributed by atoms with Gasteiger partial charge in [0, 0.05) is 36.9 Å². The zero-order chi connectivity index (χ0) is 43.2. The molecule has 0 radical (unpaired) electrons. The zero-order valence-electron chi connectivity index (χ0n) is 35.3. The van der Waals surface area contributed by atoms with Gasteiger partial charge < -0.3 is 44.6 Å². The number of hydrogen-bond acceptors (Lipinski definition) is 9. The predicted octanol–water partition coefficient (Wildman–Crippen LogP) is 6.49. The maximum Gasteiger partial charge on any atom is 0.407 e. The molecule has 4 heterocycles. The predicted molar refractivity (Wildman–Crippen MR) is 229 cm³/mol. The molecule has 4 amide bonds. The average Bonchev–Trinajstić information content (AvgIpc) is 4.13. The maximum atomic E-state index is 13.6. The molecule has 0 aliphatic carbocycles. The summed E-state index contributed by atoms with van der Waals surface area (Å²) in [5.41, 5.74) is 5.34. The van der Waals surface area contributed by atoms with Gasteiger partial charge in [0.15, 0.2) is 0 Å². The summed E-state index contributed by atoms with van der Waals surface area (Å²) in [6, 6.07) is 18.2. The Hall–Kier alpha value is -6.66. The van der Waals surface area contributed by atoms with E-state index in [9.17, 15) is 19.2 Å². The van der Waals surface area contributed by atoms with E-state index in [1.807, 2.05) is 50.2 Å². The molecule has 318 valence electrons. The van der Waals surface area contributed by atoms with Crippen molar-refractivity contribution in [3.8, 4) is 34.4 Å². The third kappa shape index (κ3) is 9.39. The number of nitrogens with zero attached hydrogens (tertiary/aromatic N) is 4. The number of methoxy groups -OCH3 is 3. The highest BCUT2D eigenvalue weighted by Crippen LogP contribution is 2.34. The van der Waals surface area contributed by atoms with Crippen molar-refractivity contribution >= 4 is 34.8 Å². The van der Waals surface area contributed by atoms with Gasteiger partial charge in [0.2, 0.25) is 11.8 Å². The second kappa shape index (κ2) is 18.7. The van der Waals surface area contributed by atoms with E-state index in [0.717, 1.165) is 70.1 Å². The highest BCUT2D eigenvalue weighted by atomic mass is 16.5. The molecule has 0 saturated carbocycles. The van der Waals surface area contributed by atoms with Gasteiger partial charge >= 0.3 is 12.2 Å². The molecule has 5 atom stereocenters. The van der Waals surface area contributed by atoms with Gasteiger partial charge in [-0.2, -0.15) is 0 Å². The summed E-state index contributed by atoms with van der Waals surface area (Å²) >= 11 is 0. The molecule has 3 unspecified atom stereocenters. The van der Waals surface area contributed by atoms with Gasteiger partial charge in [-0.25, -0.2) is 19.6 Å². The molecular weight excluding hydrogens is 777 g/mol. The quantitative estimate of drug-likeness (QED) is 0.108. The van der Waals surface area contributed by atoms with Crippen LogP contribution in [0.3, 0.4) is 0 Å². The van der Waals surface area contributed by atoms with Crippen molar-refractivity contribution in [2.24, 2.45) is 5.92 Å². The fourth-order valence-corrected chi connectivity index (χ4v) is 8.06. The van der Waals surface area contributed by atoms with Crippen LogP contribution in [0, 0.1) is 17.8 Å². The van der Waals surface area contributed by atoms with Crippen LogP contribution < -0.4 is 10.6 Å². The molecule has 2 aliphatic heterocycles. The Morgan fingerprint density at radius 3 is 1.74 bits per heavy atom. The summed E-state index contributed by atoms with van der Waals surface area (Å²) in [6.07, 6.45) is 4.87. The summed E-state index contributed by atoms with van der Waals surface area (Å²) in [4.78, 5) is 70.9. The van der Waals surface area contributed by atoms with Crippen molar-refractivity contribution in [1.82, 2.24) is 40.4 Å². The van der Waals surface area contributed by atoms with Crippen LogP contribution in [0.2, 0.25) is 0 Å². The molecule has 0 bridgehead atoms. The second-order valence-electron chi connectivity index (χ2n) is 15.8. The zero-order valence-corrected chi connectivity index (χ0v) is 35.3. The number of hydrogen-bond donors (Lipinski definition) is 4. The molecule has 0 spiro atoms. The van der Waals surface area contributed by atoms with Gasteiger partial charge in [0.05, 0.1) is 56.2 Å². The van der Waals surface area contributed by atoms with E-state index in [4.69, 9.17) is 14.2 Å². The normalized spacial score (nSPS) is 17.7. The lowest BCUT2D eigenvalue weighted by Gasteiger charge is -2.30. The van der Waals surface area contributed by atoms with E-state index in [1.54, 1.807) is 29.1 Å². The van der Waals surface area contributed by atoms with Gasteiger partial charge in [-0.05, 0) is 85.2 Å². The molecule has 2 aromatic heterocycles. The molecule has 5 aromatic rings. The smallest absolute Gasteiger partial charge is 0.407 e. The number of benzene rings is 3. The minimum Gasteiger partial charge on any atom is -0.453 e. The summed E-state index contributed by atoms with van der Waals surface area (Å²) in [6.45, 7) is 6.66. The monoisotopic (exact) mass is 828 g/mol. The number of ether oxygens (including phenoxy) is 3. The van der Waals surface area contributed by atoms with Crippen LogP contribution in [0.1, 0.15) is 81.3 Å². The van der Waals surface area contributed by atoms with Gasteiger partial charge in [-0.3, -0.25) is 9.59 Å². The number of imidazole rings is 2. The van der Waals surface area contributed by atoms with Crippen LogP contribution in [0.5, 0.6) is 0 Å². The number of likely N-dealkylation sites (tertiary alicyclic amines) is 2. The lowest BCUT2D eigenvalue weighted by molar-refractivity contribution is -0.137. The number of aromatic amines is 2. The largest absolute Gasteiger partial charge is 0.453 e. The lowest BCUT2D eigenvalue weighted by atomic mass is 10.0. The first-order chi connectivity index (χ1) is 29.5. The Morgan fingerprint density at radius 1 is 0.672 bits per heavy atom. The molecule has 61 heavy (non-hydrogen) atoms. The minimum atomic E-state index is -0.898. The molecular formula is C46H52N8O7. The van der Waals surface area contributed by atoms with Gasteiger partial charge in [0.1, 0.15) is 23.7 Å². The van der Waals surface area contributed by atoms with Crippen molar-refractivity contribution < 1.29 is 33.4 Å². The number of rotatable bonds is 11. The summed E-state index contributed by atoms with van der Waals surface area (Å²) in [7, 11) is 4.04. The number of alkyl carbamates (subject to hydrolysis) is 2. The van der Waals surface area contributed by atoms with Crippen LogP contribution >= 0.6 is 0 Å². The fraction of sp³-hybridized carbons (Fsp3) is 0.391. The topological polar surface area (TPSA) is 184 Å². The average molecular weight is 829 g/mol. The number of aromatic nitrogens is 4. The second-order valence-corrected chi connectivity index (χ2v) is 15.8. The van der Waals surface area contributed by atoms with E-state index >= 15 is 0 Å². The Kier molecular flexibility index (Phi) is 13.0. The number of fused-ring (bicyclic) bond motifs is 1. The SMILES string of the molecule is COC(=O)NC(C(=O)N1CCCC1c1ncc(-c2ccc3cc(C#Cc4ccc(-c5cnc(C6CCCN6C(=O)[C@@H](NC(=O)OC)C(C)C)[nH]5)cc4)ccc3c2)[nH]1)[C@@H](C)OC. The highest BCUT2D eigenvalue weighted by molar-refractivity contribution is 5.89. The number of carbonyl (C=O) groups is 4. The van der Waals surface area contributed by atoms with Crippen LogP contribution in [0.25, 0.3) is 33.3 Å². The first-order valence-electron chi connectivity index (χ1n) is 20.6. The van der Waals surface area contributed by atoms with Gasteiger partial charge in [-0.1, -0.05) is 56.0 Å². The van der Waals surface area contributed by atoms with Crippen molar-refractivity contribution in [2.75, 3.05) is 34.4 Å². The molecule has 2 fully saturated rings. The van der Waals surface area contributed by atoms with Crippen LogP contribution in [-0.2, 0) is 23.8 Å². The van der Waals surface area contributed by atoms with Crippen LogP contribution in [-0.4, -0.2) is 106 Å². The molecule has 2 aliphatic rings. The number of H-pyrrole nitrogens is 2. The highest BCUT2D eigenvalue weighted by Gasteiger charge is 2.39. The van der Waals surface area contributed by atoms with E-state index < -0.39 is 30.4 Å². The van der Waals surface area contributed by atoms with Crippen molar-refractivity contribution in [1.29, 1.82) is 0 Å². The standard InChI is InChI=1S/C46H52N8O7/c1-27(2)39(51-45(57)60-5)43(55)53-21-7-9-37(53)41-47-25-35(49-41)31-16-13-29(14-17-31)11-12-30-15-18-33-24-34(20-19-32(33)23-30)36-26-48-42(50-36)38-10-8-22-54(38)44(56)40(28(3)59-4)52-46(58)61-6/h13-20,23-28,37-40H,7-10,21-22H2,1-6H3,(H,47,49)(H,48,50)(H,51,57)(H,52,58)/t28-,37?,38?,39+,40?/m1/s1. The van der Waals surface area contributed by atoms with E-state index in [0.29, 0.717) is 24.7 Å². The third-order valence-corrected chi connectivity index (χ3v) is 11.5. The number of carbonyl (C=O) groups excluding carboxylic acids is 4. The first kappa shape index (κ1) is 42.5. The molecule has 4 N–H and O–H groups in total.